The zero-order valence-corrected chi connectivity index (χ0v) is 16.2. The van der Waals surface area contributed by atoms with Crippen LogP contribution in [-0.4, -0.2) is 56.2 Å². The number of carbonyl (C=O) groups excluding carboxylic acids is 3. The number of para-hydroxylation sites is 2. The zero-order valence-electron chi connectivity index (χ0n) is 16.2. The normalized spacial score (nSPS) is 24.0. The lowest BCUT2D eigenvalue weighted by molar-refractivity contribution is -0.246. The zero-order chi connectivity index (χ0) is 20.7. The molecule has 0 saturated carbocycles. The summed E-state index contributed by atoms with van der Waals surface area (Å²) in [5.74, 6) is -0.737. The molecule has 4 atom stereocenters. The number of hydrogen-bond acceptors (Lipinski definition) is 9. The van der Waals surface area contributed by atoms with E-state index in [4.69, 9.17) is 28.4 Å². The summed E-state index contributed by atoms with van der Waals surface area (Å²) in [6, 6.07) is 6.97. The number of carbonyl (C=O) groups is 3. The van der Waals surface area contributed by atoms with Gasteiger partial charge in [-0.25, -0.2) is 0 Å². The Balaban J connectivity index is 2.24. The highest BCUT2D eigenvalue weighted by atomic mass is 16.7. The second-order valence-corrected chi connectivity index (χ2v) is 6.13. The summed E-state index contributed by atoms with van der Waals surface area (Å²) < 4.78 is 32.6. The van der Waals surface area contributed by atoms with Gasteiger partial charge in [-0.3, -0.25) is 14.4 Å². The van der Waals surface area contributed by atoms with Gasteiger partial charge in [0, 0.05) is 20.8 Å². The Bertz CT molecular complexity index is 702. The largest absolute Gasteiger partial charge is 0.493 e. The monoisotopic (exact) mass is 396 g/mol. The molecular formula is C19H24O9. The van der Waals surface area contributed by atoms with E-state index in [-0.39, 0.29) is 13.0 Å². The van der Waals surface area contributed by atoms with Crippen LogP contribution < -0.4 is 9.47 Å². The molecule has 9 heteroatoms. The fraction of sp³-hybridized carbons (Fsp3) is 0.526. The Labute approximate surface area is 162 Å². The second-order valence-electron chi connectivity index (χ2n) is 6.13. The molecule has 0 amide bonds. The first-order chi connectivity index (χ1) is 13.3. The van der Waals surface area contributed by atoms with E-state index in [1.807, 2.05) is 0 Å². The van der Waals surface area contributed by atoms with Crippen LogP contribution in [0.3, 0.4) is 0 Å². The van der Waals surface area contributed by atoms with Crippen LogP contribution >= 0.6 is 0 Å². The molecule has 0 spiro atoms. The molecule has 0 N–H and O–H groups in total. The average Bonchev–Trinajstić information content (AvgIpc) is 2.62. The van der Waals surface area contributed by atoms with Crippen molar-refractivity contribution in [3.05, 3.63) is 24.3 Å². The van der Waals surface area contributed by atoms with Crippen molar-refractivity contribution in [3.8, 4) is 11.5 Å². The van der Waals surface area contributed by atoms with Crippen molar-refractivity contribution in [2.24, 2.45) is 0 Å². The first kappa shape index (κ1) is 21.5. The van der Waals surface area contributed by atoms with Crippen molar-refractivity contribution < 1.29 is 42.8 Å². The number of esters is 3. The maximum atomic E-state index is 11.5. The van der Waals surface area contributed by atoms with Crippen molar-refractivity contribution in [2.75, 3.05) is 13.7 Å². The fourth-order valence-electron chi connectivity index (χ4n) is 2.83. The van der Waals surface area contributed by atoms with E-state index in [1.54, 1.807) is 24.3 Å². The van der Waals surface area contributed by atoms with Gasteiger partial charge >= 0.3 is 17.9 Å². The van der Waals surface area contributed by atoms with Gasteiger partial charge in [-0.15, -0.1) is 0 Å². The summed E-state index contributed by atoms with van der Waals surface area (Å²) in [4.78, 5) is 34.3. The summed E-state index contributed by atoms with van der Waals surface area (Å²) >= 11 is 0. The molecule has 0 radical (unpaired) electrons. The Morgan fingerprint density at radius 3 is 2.21 bits per heavy atom. The molecule has 1 fully saturated rings. The van der Waals surface area contributed by atoms with Crippen molar-refractivity contribution in [1.29, 1.82) is 0 Å². The van der Waals surface area contributed by atoms with Crippen LogP contribution in [-0.2, 0) is 33.3 Å². The minimum atomic E-state index is -0.946. The Hall–Kier alpha value is -2.81. The quantitative estimate of drug-likeness (QED) is 0.502. The molecule has 0 aromatic heterocycles. The lowest BCUT2D eigenvalue weighted by Gasteiger charge is -2.39. The van der Waals surface area contributed by atoms with Crippen LogP contribution in [0.25, 0.3) is 0 Å². The first-order valence-corrected chi connectivity index (χ1v) is 8.73. The van der Waals surface area contributed by atoms with Gasteiger partial charge in [0.25, 0.3) is 0 Å². The van der Waals surface area contributed by atoms with E-state index in [0.717, 1.165) is 0 Å². The standard InChI is InChI=1S/C19H24O9/c1-11(20)24-10-17-19(26-13(3)22)16(25-12(2)21)9-18(28-17)27-15-8-6-5-7-14(15)23-4/h5-8,16-19H,9-10H2,1-4H3. The summed E-state index contributed by atoms with van der Waals surface area (Å²) in [7, 11) is 1.51. The van der Waals surface area contributed by atoms with E-state index < -0.39 is 42.5 Å². The molecule has 0 bridgehead atoms. The molecule has 9 nitrogen and oxygen atoms in total. The third kappa shape index (κ3) is 6.12. The molecule has 1 aromatic carbocycles. The fourth-order valence-corrected chi connectivity index (χ4v) is 2.83. The average molecular weight is 396 g/mol. The van der Waals surface area contributed by atoms with Gasteiger partial charge in [0.15, 0.2) is 17.6 Å². The Morgan fingerprint density at radius 1 is 1.00 bits per heavy atom. The van der Waals surface area contributed by atoms with Gasteiger partial charge in [-0.1, -0.05) is 12.1 Å². The summed E-state index contributed by atoms with van der Waals surface area (Å²) in [6.45, 7) is 3.52. The van der Waals surface area contributed by atoms with E-state index in [1.165, 1.54) is 27.9 Å². The van der Waals surface area contributed by atoms with Gasteiger partial charge < -0.3 is 28.4 Å². The predicted octanol–water partition coefficient (Wildman–Crippen LogP) is 1.62. The number of rotatable bonds is 7. The predicted molar refractivity (Wildman–Crippen MR) is 94.6 cm³/mol. The van der Waals surface area contributed by atoms with Gasteiger partial charge in [0.1, 0.15) is 18.8 Å². The van der Waals surface area contributed by atoms with Crippen molar-refractivity contribution in [3.63, 3.8) is 0 Å². The van der Waals surface area contributed by atoms with Crippen LogP contribution in [0.2, 0.25) is 0 Å². The lowest BCUT2D eigenvalue weighted by Crippen LogP contribution is -2.54. The van der Waals surface area contributed by atoms with Crippen LogP contribution in [0.4, 0.5) is 0 Å². The minimum Gasteiger partial charge on any atom is -0.493 e. The molecule has 2 rings (SSSR count). The molecule has 28 heavy (non-hydrogen) atoms. The highest BCUT2D eigenvalue weighted by Gasteiger charge is 2.44. The topological polar surface area (TPSA) is 107 Å². The van der Waals surface area contributed by atoms with Crippen LogP contribution in [0.1, 0.15) is 27.2 Å². The maximum absolute atomic E-state index is 11.5. The Morgan fingerprint density at radius 2 is 1.64 bits per heavy atom. The number of methoxy groups -OCH3 is 1. The SMILES string of the molecule is COc1ccccc1OC1CC(OC(C)=O)C(OC(C)=O)C(COC(C)=O)O1. The molecular weight excluding hydrogens is 372 g/mol. The van der Waals surface area contributed by atoms with E-state index in [0.29, 0.717) is 11.5 Å². The highest BCUT2D eigenvalue weighted by molar-refractivity contribution is 5.67. The van der Waals surface area contributed by atoms with Crippen molar-refractivity contribution >= 4 is 17.9 Å². The molecule has 4 unspecified atom stereocenters. The molecule has 1 aromatic rings. The third-order valence-electron chi connectivity index (χ3n) is 3.88. The molecule has 1 aliphatic rings. The Kier molecular flexibility index (Phi) is 7.62. The lowest BCUT2D eigenvalue weighted by atomic mass is 10.0. The second kappa shape index (κ2) is 9.93. The third-order valence-corrected chi connectivity index (χ3v) is 3.88. The van der Waals surface area contributed by atoms with Gasteiger partial charge in [0.2, 0.25) is 6.29 Å². The summed E-state index contributed by atoms with van der Waals surface area (Å²) in [5, 5.41) is 0. The smallest absolute Gasteiger partial charge is 0.303 e. The van der Waals surface area contributed by atoms with E-state index in [9.17, 15) is 14.4 Å². The van der Waals surface area contributed by atoms with Crippen molar-refractivity contribution in [2.45, 2.75) is 51.8 Å². The molecule has 1 heterocycles. The number of benzene rings is 1. The molecule has 1 saturated heterocycles. The van der Waals surface area contributed by atoms with Gasteiger partial charge in [-0.05, 0) is 12.1 Å². The van der Waals surface area contributed by atoms with Crippen LogP contribution in [0, 0.1) is 0 Å². The van der Waals surface area contributed by atoms with Crippen LogP contribution in [0.5, 0.6) is 11.5 Å². The van der Waals surface area contributed by atoms with Crippen LogP contribution in [0.15, 0.2) is 24.3 Å². The number of hydrogen-bond donors (Lipinski definition) is 0. The molecule has 154 valence electrons. The maximum Gasteiger partial charge on any atom is 0.303 e. The van der Waals surface area contributed by atoms with Gasteiger partial charge in [0.05, 0.1) is 13.5 Å². The van der Waals surface area contributed by atoms with Gasteiger partial charge in [-0.2, -0.15) is 0 Å². The molecule has 0 aliphatic carbocycles. The number of ether oxygens (including phenoxy) is 6. The minimum absolute atomic E-state index is 0.103. The van der Waals surface area contributed by atoms with E-state index in [2.05, 4.69) is 0 Å². The summed E-state index contributed by atoms with van der Waals surface area (Å²) in [6.07, 6.45) is -3.42. The summed E-state index contributed by atoms with van der Waals surface area (Å²) in [5.41, 5.74) is 0. The highest BCUT2D eigenvalue weighted by Crippen LogP contribution is 2.32. The molecule has 1 aliphatic heterocycles. The first-order valence-electron chi connectivity index (χ1n) is 8.73. The van der Waals surface area contributed by atoms with Crippen molar-refractivity contribution in [1.82, 2.24) is 0 Å². The van der Waals surface area contributed by atoms with E-state index >= 15 is 0 Å².